The topological polar surface area (TPSA) is 97.5 Å². The Morgan fingerprint density at radius 2 is 2.32 bits per heavy atom. The van der Waals surface area contributed by atoms with Gasteiger partial charge in [0.25, 0.3) is 5.89 Å². The lowest BCUT2D eigenvalue weighted by Gasteiger charge is -2.26. The molecule has 4 heterocycles. The minimum atomic E-state index is 0.368. The van der Waals surface area contributed by atoms with Crippen molar-refractivity contribution in [3.63, 3.8) is 0 Å². The van der Waals surface area contributed by atoms with Crippen LogP contribution in [0.2, 0.25) is 0 Å². The molecule has 0 aromatic carbocycles. The molecule has 4 rings (SSSR count). The first kappa shape index (κ1) is 10.4. The van der Waals surface area contributed by atoms with Crippen LogP contribution in [0.3, 0.4) is 0 Å². The van der Waals surface area contributed by atoms with Crippen molar-refractivity contribution < 1.29 is 4.52 Å². The highest BCUT2D eigenvalue weighted by atomic mass is 16.5. The number of nitrogens with zero attached hydrogens (tertiary/aromatic N) is 5. The lowest BCUT2D eigenvalue weighted by atomic mass is 10.2. The first-order valence-electron chi connectivity index (χ1n) is 6.00. The molecule has 96 valence electrons. The van der Waals surface area contributed by atoms with E-state index in [1.54, 1.807) is 0 Å². The maximum atomic E-state index is 5.21. The van der Waals surface area contributed by atoms with Gasteiger partial charge in [0.2, 0.25) is 5.82 Å². The van der Waals surface area contributed by atoms with Crippen molar-refractivity contribution in [2.75, 3.05) is 13.1 Å². The largest absolute Gasteiger partial charge is 0.359 e. The Morgan fingerprint density at radius 3 is 3.05 bits per heavy atom. The molecule has 0 spiro atoms. The summed E-state index contributed by atoms with van der Waals surface area (Å²) in [5.74, 6) is 0.892. The first-order chi connectivity index (χ1) is 9.40. The molecule has 1 aliphatic rings. The molecule has 0 bridgehead atoms. The van der Waals surface area contributed by atoms with Gasteiger partial charge in [0, 0.05) is 19.3 Å². The third-order valence-corrected chi connectivity index (χ3v) is 3.13. The predicted octanol–water partition coefficient (Wildman–Crippen LogP) is 0.467. The number of hydrogen-bond donors (Lipinski definition) is 2. The Balaban J connectivity index is 1.63. The Kier molecular flexibility index (Phi) is 2.21. The molecule has 1 fully saturated rings. The van der Waals surface area contributed by atoms with Crippen LogP contribution < -0.4 is 5.32 Å². The average molecular weight is 257 g/mol. The number of aromatic amines is 1. The van der Waals surface area contributed by atoms with E-state index in [0.29, 0.717) is 23.5 Å². The Bertz CT molecular complexity index is 680. The van der Waals surface area contributed by atoms with Crippen LogP contribution >= 0.6 is 0 Å². The fraction of sp³-hybridized carbons (Fsp3) is 0.273. The highest BCUT2D eigenvalue weighted by Crippen LogP contribution is 2.20. The molecule has 1 aliphatic heterocycles. The molecule has 2 N–H and O–H groups in total. The quantitative estimate of drug-likeness (QED) is 0.707. The van der Waals surface area contributed by atoms with Gasteiger partial charge in [-0.2, -0.15) is 4.98 Å². The molecule has 0 aliphatic carbocycles. The number of nitrogens with one attached hydrogen (secondary N) is 2. The van der Waals surface area contributed by atoms with Crippen molar-refractivity contribution in [1.29, 1.82) is 0 Å². The van der Waals surface area contributed by atoms with Crippen LogP contribution in [0.4, 0.5) is 0 Å². The van der Waals surface area contributed by atoms with Gasteiger partial charge in [0.05, 0.1) is 17.9 Å². The number of H-pyrrole nitrogens is 1. The maximum absolute atomic E-state index is 5.21. The van der Waals surface area contributed by atoms with Crippen molar-refractivity contribution >= 4 is 0 Å². The highest BCUT2D eigenvalue weighted by molar-refractivity contribution is 5.53. The number of hydrogen-bond acceptors (Lipinski definition) is 6. The van der Waals surface area contributed by atoms with Crippen LogP contribution in [0.25, 0.3) is 23.1 Å². The second-order valence-corrected chi connectivity index (χ2v) is 4.40. The van der Waals surface area contributed by atoms with E-state index >= 15 is 0 Å². The summed E-state index contributed by atoms with van der Waals surface area (Å²) in [5.41, 5.74) is 1.41. The molecular formula is C11H11N7O. The minimum absolute atomic E-state index is 0.368. The van der Waals surface area contributed by atoms with Crippen molar-refractivity contribution in [2.45, 2.75) is 6.04 Å². The molecule has 3 aromatic rings. The van der Waals surface area contributed by atoms with Gasteiger partial charge in [-0.25, -0.2) is 4.68 Å². The lowest BCUT2D eigenvalue weighted by molar-refractivity contribution is 0.313. The monoisotopic (exact) mass is 257 g/mol. The number of rotatable bonds is 3. The van der Waals surface area contributed by atoms with Crippen LogP contribution in [-0.2, 0) is 0 Å². The Hall–Kier alpha value is -2.48. The van der Waals surface area contributed by atoms with Gasteiger partial charge in [0.15, 0.2) is 5.69 Å². The molecule has 8 nitrogen and oxygen atoms in total. The summed E-state index contributed by atoms with van der Waals surface area (Å²) in [6.07, 6.45) is 3.64. The van der Waals surface area contributed by atoms with Gasteiger partial charge in [-0.3, -0.25) is 0 Å². The van der Waals surface area contributed by atoms with Gasteiger partial charge < -0.3 is 14.8 Å². The van der Waals surface area contributed by atoms with E-state index in [4.69, 9.17) is 4.52 Å². The number of aromatic nitrogens is 6. The summed E-state index contributed by atoms with van der Waals surface area (Å²) in [6, 6.07) is 4.13. The third kappa shape index (κ3) is 1.73. The molecule has 8 heteroatoms. The van der Waals surface area contributed by atoms with E-state index < -0.39 is 0 Å². The van der Waals surface area contributed by atoms with Crippen LogP contribution in [0.5, 0.6) is 0 Å². The molecule has 1 saturated heterocycles. The average Bonchev–Trinajstić information content (AvgIpc) is 3.08. The molecule has 0 unspecified atom stereocenters. The Labute approximate surface area is 107 Å². The molecule has 0 amide bonds. The van der Waals surface area contributed by atoms with E-state index in [0.717, 1.165) is 18.8 Å². The van der Waals surface area contributed by atoms with E-state index in [2.05, 4.69) is 30.8 Å². The molecule has 0 atom stereocenters. The SMILES string of the molecule is c1c[nH]c(-c2noc(-c3cn(C4CNC4)nn3)n2)c1. The minimum Gasteiger partial charge on any atom is -0.359 e. The smallest absolute Gasteiger partial charge is 0.280 e. The van der Waals surface area contributed by atoms with Gasteiger partial charge in [0.1, 0.15) is 0 Å². The van der Waals surface area contributed by atoms with Crippen molar-refractivity contribution in [3.8, 4) is 23.1 Å². The van der Waals surface area contributed by atoms with Crippen molar-refractivity contribution in [1.82, 2.24) is 35.4 Å². The molecule has 0 saturated carbocycles. The molecule has 19 heavy (non-hydrogen) atoms. The zero-order chi connectivity index (χ0) is 12.7. The second-order valence-electron chi connectivity index (χ2n) is 4.40. The molecule has 3 aromatic heterocycles. The summed E-state index contributed by atoms with van der Waals surface area (Å²) in [5, 5.41) is 15.2. The van der Waals surface area contributed by atoms with E-state index in [9.17, 15) is 0 Å². The van der Waals surface area contributed by atoms with Gasteiger partial charge in [-0.1, -0.05) is 10.4 Å². The summed E-state index contributed by atoms with van der Waals surface area (Å²) < 4.78 is 7.03. The van der Waals surface area contributed by atoms with Crippen LogP contribution in [0, 0.1) is 0 Å². The van der Waals surface area contributed by atoms with Crippen LogP contribution in [0.1, 0.15) is 6.04 Å². The van der Waals surface area contributed by atoms with Gasteiger partial charge in [-0.05, 0) is 12.1 Å². The lowest BCUT2D eigenvalue weighted by Crippen LogP contribution is -2.43. The predicted molar refractivity (Wildman–Crippen MR) is 65.0 cm³/mol. The zero-order valence-corrected chi connectivity index (χ0v) is 9.95. The van der Waals surface area contributed by atoms with Crippen molar-refractivity contribution in [3.05, 3.63) is 24.5 Å². The van der Waals surface area contributed by atoms with Crippen molar-refractivity contribution in [2.24, 2.45) is 0 Å². The summed E-state index contributed by atoms with van der Waals surface area (Å²) in [7, 11) is 0. The van der Waals surface area contributed by atoms with Crippen LogP contribution in [0.15, 0.2) is 29.0 Å². The summed E-state index contributed by atoms with van der Waals surface area (Å²) >= 11 is 0. The van der Waals surface area contributed by atoms with Gasteiger partial charge >= 0.3 is 0 Å². The van der Waals surface area contributed by atoms with E-state index in [1.807, 2.05) is 29.2 Å². The van der Waals surface area contributed by atoms with Crippen LogP contribution in [-0.4, -0.2) is 43.2 Å². The highest BCUT2D eigenvalue weighted by Gasteiger charge is 2.22. The Morgan fingerprint density at radius 1 is 1.37 bits per heavy atom. The molecular weight excluding hydrogens is 246 g/mol. The first-order valence-corrected chi connectivity index (χ1v) is 6.00. The maximum Gasteiger partial charge on any atom is 0.280 e. The zero-order valence-electron chi connectivity index (χ0n) is 9.95. The fourth-order valence-corrected chi connectivity index (χ4v) is 1.92. The standard InChI is InChI=1S/C11H11N7O/c1-2-8(13-3-1)10-14-11(19-16-10)9-6-18(17-15-9)7-4-12-5-7/h1-3,6-7,12-13H,4-5H2. The summed E-state index contributed by atoms with van der Waals surface area (Å²) in [4.78, 5) is 7.32. The fourth-order valence-electron chi connectivity index (χ4n) is 1.92. The third-order valence-electron chi connectivity index (χ3n) is 3.13. The second kappa shape index (κ2) is 4.02. The normalized spacial score (nSPS) is 15.6. The van der Waals surface area contributed by atoms with E-state index in [1.165, 1.54) is 0 Å². The summed E-state index contributed by atoms with van der Waals surface area (Å²) in [6.45, 7) is 1.83. The van der Waals surface area contributed by atoms with E-state index in [-0.39, 0.29) is 0 Å². The van der Waals surface area contributed by atoms with Gasteiger partial charge in [-0.15, -0.1) is 5.10 Å². The molecule has 0 radical (unpaired) electrons.